The molecule has 1 fully saturated rings. The van der Waals surface area contributed by atoms with E-state index in [0.29, 0.717) is 11.7 Å². The van der Waals surface area contributed by atoms with Crippen molar-refractivity contribution in [3.63, 3.8) is 0 Å². The highest BCUT2D eigenvalue weighted by Gasteiger charge is 2.29. The van der Waals surface area contributed by atoms with Crippen LogP contribution in [0.25, 0.3) is 0 Å². The van der Waals surface area contributed by atoms with E-state index in [1.165, 1.54) is 14.7 Å². The highest BCUT2D eigenvalue weighted by atomic mass is 127. The van der Waals surface area contributed by atoms with E-state index < -0.39 is 0 Å². The fraction of sp³-hybridized carbons (Fsp3) is 0.316. The van der Waals surface area contributed by atoms with E-state index in [1.54, 1.807) is 0 Å². The molecule has 0 aromatic heterocycles. The van der Waals surface area contributed by atoms with Crippen molar-refractivity contribution in [2.24, 2.45) is 5.92 Å². The van der Waals surface area contributed by atoms with E-state index in [1.807, 2.05) is 0 Å². The van der Waals surface area contributed by atoms with Gasteiger partial charge in [0, 0.05) is 15.9 Å². The number of ketones is 1. The number of hydrogen-bond donors (Lipinski definition) is 0. The third-order valence-corrected chi connectivity index (χ3v) is 5.15. The van der Waals surface area contributed by atoms with Crippen LogP contribution in [0.4, 0.5) is 0 Å². The minimum atomic E-state index is 0.184. The van der Waals surface area contributed by atoms with Crippen molar-refractivity contribution in [1.82, 2.24) is 0 Å². The smallest absolute Gasteiger partial charge is 0.136 e. The summed E-state index contributed by atoms with van der Waals surface area (Å²) in [6.45, 7) is 0. The molecule has 2 aromatic carbocycles. The van der Waals surface area contributed by atoms with Crippen molar-refractivity contribution < 1.29 is 4.79 Å². The van der Waals surface area contributed by atoms with Gasteiger partial charge in [-0.2, -0.15) is 0 Å². The molecule has 21 heavy (non-hydrogen) atoms. The Morgan fingerprint density at radius 1 is 1.00 bits per heavy atom. The summed E-state index contributed by atoms with van der Waals surface area (Å²) in [5.74, 6) is 1.17. The summed E-state index contributed by atoms with van der Waals surface area (Å²) in [6.07, 6.45) is 3.62. The SMILES string of the molecule is O=C1CCC(c2ccccc2)CC1Cc1ccc(I)cc1. The Morgan fingerprint density at radius 2 is 1.71 bits per heavy atom. The van der Waals surface area contributed by atoms with Crippen molar-refractivity contribution in [2.75, 3.05) is 0 Å². The van der Waals surface area contributed by atoms with Gasteiger partial charge in [0.2, 0.25) is 0 Å². The second-order valence-corrected chi connectivity index (χ2v) is 7.12. The molecule has 0 amide bonds. The van der Waals surface area contributed by atoms with E-state index in [0.717, 1.165) is 25.7 Å². The van der Waals surface area contributed by atoms with E-state index >= 15 is 0 Å². The lowest BCUT2D eigenvalue weighted by atomic mass is 9.75. The molecule has 2 atom stereocenters. The zero-order valence-corrected chi connectivity index (χ0v) is 14.1. The van der Waals surface area contributed by atoms with Gasteiger partial charge in [-0.25, -0.2) is 0 Å². The molecule has 0 saturated heterocycles. The molecule has 1 aliphatic carbocycles. The molecule has 2 heteroatoms. The number of hydrogen-bond acceptors (Lipinski definition) is 1. The molecule has 0 heterocycles. The maximum atomic E-state index is 12.2. The number of carbonyl (C=O) groups excluding carboxylic acids is 1. The van der Waals surface area contributed by atoms with Crippen molar-refractivity contribution >= 4 is 28.4 Å². The molecule has 0 N–H and O–H groups in total. The summed E-state index contributed by atoms with van der Waals surface area (Å²) in [5.41, 5.74) is 2.67. The predicted molar refractivity (Wildman–Crippen MR) is 94.4 cm³/mol. The number of carbonyl (C=O) groups is 1. The van der Waals surface area contributed by atoms with E-state index in [9.17, 15) is 4.79 Å². The molecule has 1 nitrogen and oxygen atoms in total. The lowest BCUT2D eigenvalue weighted by Gasteiger charge is -2.28. The van der Waals surface area contributed by atoms with Gasteiger partial charge in [-0.05, 0) is 71.0 Å². The summed E-state index contributed by atoms with van der Waals surface area (Å²) in [6, 6.07) is 19.2. The van der Waals surface area contributed by atoms with Crippen LogP contribution in [0.2, 0.25) is 0 Å². The summed E-state index contributed by atoms with van der Waals surface area (Å²) >= 11 is 2.32. The summed E-state index contributed by atoms with van der Waals surface area (Å²) in [4.78, 5) is 12.2. The van der Waals surface area contributed by atoms with Gasteiger partial charge in [-0.15, -0.1) is 0 Å². The number of benzene rings is 2. The molecule has 1 aliphatic rings. The zero-order chi connectivity index (χ0) is 14.7. The maximum absolute atomic E-state index is 12.2. The number of rotatable bonds is 3. The molecule has 2 unspecified atom stereocenters. The first-order chi connectivity index (χ1) is 10.2. The van der Waals surface area contributed by atoms with Gasteiger partial charge in [0.15, 0.2) is 0 Å². The standard InChI is InChI=1S/C19H19IO/c20-18-9-6-14(7-10-18)12-17-13-16(8-11-19(17)21)15-4-2-1-3-5-15/h1-7,9-10,16-17H,8,11-13H2. The van der Waals surface area contributed by atoms with Gasteiger partial charge in [0.05, 0.1) is 0 Å². The van der Waals surface area contributed by atoms with Crippen LogP contribution in [0.1, 0.15) is 36.3 Å². The first-order valence-corrected chi connectivity index (χ1v) is 8.62. The number of halogens is 1. The third kappa shape index (κ3) is 3.73. The Labute approximate surface area is 139 Å². The summed E-state index contributed by atoms with van der Waals surface area (Å²) in [7, 11) is 0. The monoisotopic (exact) mass is 390 g/mol. The first-order valence-electron chi connectivity index (χ1n) is 7.54. The highest BCUT2D eigenvalue weighted by molar-refractivity contribution is 14.1. The number of Topliss-reactive ketones (excluding diaryl/α,β-unsaturated/α-hetero) is 1. The maximum Gasteiger partial charge on any atom is 0.136 e. The largest absolute Gasteiger partial charge is 0.299 e. The Bertz CT molecular complexity index is 603. The topological polar surface area (TPSA) is 17.1 Å². The van der Waals surface area contributed by atoms with Crippen LogP contribution in [-0.4, -0.2) is 5.78 Å². The van der Waals surface area contributed by atoms with E-state index in [4.69, 9.17) is 0 Å². The van der Waals surface area contributed by atoms with Crippen molar-refractivity contribution in [1.29, 1.82) is 0 Å². The lowest BCUT2D eigenvalue weighted by molar-refractivity contribution is -0.124. The average molecular weight is 390 g/mol. The molecule has 0 aliphatic heterocycles. The van der Waals surface area contributed by atoms with E-state index in [2.05, 4.69) is 77.2 Å². The zero-order valence-electron chi connectivity index (χ0n) is 12.0. The van der Waals surface area contributed by atoms with Gasteiger partial charge in [0.1, 0.15) is 5.78 Å². The molecule has 0 bridgehead atoms. The molecule has 0 radical (unpaired) electrons. The lowest BCUT2D eigenvalue weighted by Crippen LogP contribution is -2.25. The van der Waals surface area contributed by atoms with Gasteiger partial charge in [0.25, 0.3) is 0 Å². The van der Waals surface area contributed by atoms with Crippen molar-refractivity contribution in [3.8, 4) is 0 Å². The average Bonchev–Trinajstić information content (AvgIpc) is 2.52. The van der Waals surface area contributed by atoms with Gasteiger partial charge >= 0.3 is 0 Å². The normalized spacial score (nSPS) is 22.2. The van der Waals surface area contributed by atoms with Crippen LogP contribution >= 0.6 is 22.6 Å². The molecule has 2 aromatic rings. The predicted octanol–water partition coefficient (Wildman–Crippen LogP) is 4.99. The Hall–Kier alpha value is -1.16. The second-order valence-electron chi connectivity index (χ2n) is 5.88. The highest BCUT2D eigenvalue weighted by Crippen LogP contribution is 2.35. The van der Waals surface area contributed by atoms with Gasteiger partial charge in [-0.3, -0.25) is 4.79 Å². The van der Waals surface area contributed by atoms with Crippen LogP contribution in [0, 0.1) is 9.49 Å². The van der Waals surface area contributed by atoms with Crippen molar-refractivity contribution in [2.45, 2.75) is 31.6 Å². The molecule has 3 rings (SSSR count). The van der Waals surface area contributed by atoms with Crippen molar-refractivity contribution in [3.05, 3.63) is 69.3 Å². The molecular formula is C19H19IO. The fourth-order valence-corrected chi connectivity index (χ4v) is 3.60. The van der Waals surface area contributed by atoms with Crippen LogP contribution in [0.15, 0.2) is 54.6 Å². The molecular weight excluding hydrogens is 371 g/mol. The van der Waals surface area contributed by atoms with Gasteiger partial charge < -0.3 is 0 Å². The Kier molecular flexibility index (Phi) is 4.73. The van der Waals surface area contributed by atoms with E-state index in [-0.39, 0.29) is 5.92 Å². The van der Waals surface area contributed by atoms with Crippen LogP contribution in [0.3, 0.4) is 0 Å². The molecule has 0 spiro atoms. The first kappa shape index (κ1) is 14.8. The minimum Gasteiger partial charge on any atom is -0.299 e. The quantitative estimate of drug-likeness (QED) is 0.676. The second kappa shape index (κ2) is 6.73. The summed E-state index contributed by atoms with van der Waals surface area (Å²) < 4.78 is 1.24. The molecule has 1 saturated carbocycles. The van der Waals surface area contributed by atoms with Gasteiger partial charge in [-0.1, -0.05) is 42.5 Å². The molecule has 108 valence electrons. The third-order valence-electron chi connectivity index (χ3n) is 4.43. The minimum absolute atomic E-state index is 0.184. The van der Waals surface area contributed by atoms with Crippen LogP contribution in [-0.2, 0) is 11.2 Å². The fourth-order valence-electron chi connectivity index (χ4n) is 3.24. The van der Waals surface area contributed by atoms with Crippen LogP contribution in [0.5, 0.6) is 0 Å². The Morgan fingerprint density at radius 3 is 2.43 bits per heavy atom. The summed E-state index contributed by atoms with van der Waals surface area (Å²) in [5, 5.41) is 0. The Balaban J connectivity index is 1.72. The van der Waals surface area contributed by atoms with Crippen LogP contribution < -0.4 is 0 Å².